The molecule has 0 amide bonds. The van der Waals surface area contributed by atoms with Crippen molar-refractivity contribution >= 4 is 5.97 Å². The maximum atomic E-state index is 11.4. The van der Waals surface area contributed by atoms with Crippen molar-refractivity contribution in [2.24, 2.45) is 0 Å². The topological polar surface area (TPSA) is 70.0 Å². The highest BCUT2D eigenvalue weighted by atomic mass is 16.8. The third kappa shape index (κ3) is 4.83. The SMILES string of the molecule is C=C[C@@H](C)OC(=O)/C=C/C1=CCCC(N(O)O)C1. The lowest BCUT2D eigenvalue weighted by Crippen LogP contribution is -2.30. The van der Waals surface area contributed by atoms with Crippen molar-refractivity contribution in [1.82, 2.24) is 5.23 Å². The van der Waals surface area contributed by atoms with Crippen molar-refractivity contribution in [2.45, 2.75) is 38.3 Å². The second-order valence-electron chi connectivity index (χ2n) is 4.25. The van der Waals surface area contributed by atoms with Crippen LogP contribution in [0.1, 0.15) is 26.2 Å². The van der Waals surface area contributed by atoms with E-state index < -0.39 is 5.97 Å². The molecule has 0 aromatic carbocycles. The molecule has 0 radical (unpaired) electrons. The van der Waals surface area contributed by atoms with Crippen molar-refractivity contribution in [1.29, 1.82) is 0 Å². The van der Waals surface area contributed by atoms with E-state index in [0.29, 0.717) is 12.8 Å². The largest absolute Gasteiger partial charge is 0.455 e. The Labute approximate surface area is 107 Å². The Morgan fingerprint density at radius 2 is 2.39 bits per heavy atom. The van der Waals surface area contributed by atoms with E-state index >= 15 is 0 Å². The number of carbonyl (C=O) groups excluding carboxylic acids is 1. The lowest BCUT2D eigenvalue weighted by molar-refractivity contribution is -0.332. The summed E-state index contributed by atoms with van der Waals surface area (Å²) in [5.41, 5.74) is 0.891. The van der Waals surface area contributed by atoms with Crippen LogP contribution in [0.4, 0.5) is 0 Å². The molecule has 5 heteroatoms. The molecule has 0 aromatic heterocycles. The van der Waals surface area contributed by atoms with Crippen LogP contribution in [0, 0.1) is 0 Å². The van der Waals surface area contributed by atoms with Crippen LogP contribution in [-0.2, 0) is 9.53 Å². The van der Waals surface area contributed by atoms with E-state index in [1.54, 1.807) is 13.0 Å². The minimum atomic E-state index is -0.435. The maximum absolute atomic E-state index is 11.4. The third-order valence-corrected chi connectivity index (χ3v) is 2.77. The van der Waals surface area contributed by atoms with E-state index in [-0.39, 0.29) is 17.4 Å². The first-order valence-corrected chi connectivity index (χ1v) is 5.90. The van der Waals surface area contributed by atoms with Crippen molar-refractivity contribution in [3.8, 4) is 0 Å². The number of hydrogen-bond donors (Lipinski definition) is 2. The van der Waals surface area contributed by atoms with E-state index in [1.165, 1.54) is 12.2 Å². The van der Waals surface area contributed by atoms with E-state index in [9.17, 15) is 4.79 Å². The summed E-state index contributed by atoms with van der Waals surface area (Å²) in [5, 5.41) is 18.2. The molecule has 1 aliphatic rings. The summed E-state index contributed by atoms with van der Waals surface area (Å²) in [5.74, 6) is -0.435. The molecule has 1 unspecified atom stereocenters. The Morgan fingerprint density at radius 1 is 1.67 bits per heavy atom. The van der Waals surface area contributed by atoms with Gasteiger partial charge in [-0.1, -0.05) is 35.6 Å². The van der Waals surface area contributed by atoms with E-state index in [2.05, 4.69) is 6.58 Å². The lowest BCUT2D eigenvalue weighted by atomic mass is 9.95. The monoisotopic (exact) mass is 253 g/mol. The molecular weight excluding hydrogens is 234 g/mol. The van der Waals surface area contributed by atoms with Crippen molar-refractivity contribution in [2.75, 3.05) is 0 Å². The number of hydrogen-bond acceptors (Lipinski definition) is 5. The zero-order valence-corrected chi connectivity index (χ0v) is 10.5. The predicted octanol–water partition coefficient (Wildman–Crippen LogP) is 2.22. The van der Waals surface area contributed by atoms with Gasteiger partial charge >= 0.3 is 5.97 Å². The van der Waals surface area contributed by atoms with Crippen LogP contribution in [0.15, 0.2) is 36.5 Å². The van der Waals surface area contributed by atoms with Gasteiger partial charge < -0.3 is 4.74 Å². The number of rotatable bonds is 5. The Balaban J connectivity index is 2.49. The van der Waals surface area contributed by atoms with E-state index in [4.69, 9.17) is 15.2 Å². The summed E-state index contributed by atoms with van der Waals surface area (Å²) in [4.78, 5) is 11.4. The van der Waals surface area contributed by atoms with Crippen molar-refractivity contribution in [3.63, 3.8) is 0 Å². The number of allylic oxidation sites excluding steroid dienone is 2. The molecule has 0 bridgehead atoms. The summed E-state index contributed by atoms with van der Waals surface area (Å²) in [6.07, 6.45) is 8.11. The first-order chi connectivity index (χ1) is 8.52. The quantitative estimate of drug-likeness (QED) is 0.340. The standard InChI is InChI=1S/C13H19NO4/c1-3-10(2)18-13(15)8-7-11-5-4-6-12(9-11)14(16)17/h3,5,7-8,10,12,16-17H,1,4,6,9H2,2H3/b8-7+/t10-,12?/m1/s1. The summed E-state index contributed by atoms with van der Waals surface area (Å²) >= 11 is 0. The summed E-state index contributed by atoms with van der Waals surface area (Å²) in [7, 11) is 0. The molecule has 5 nitrogen and oxygen atoms in total. The van der Waals surface area contributed by atoms with Crippen LogP contribution in [-0.4, -0.2) is 33.8 Å². The Kier molecular flexibility index (Phi) is 5.77. The molecule has 18 heavy (non-hydrogen) atoms. The van der Waals surface area contributed by atoms with Gasteiger partial charge in [0.2, 0.25) is 0 Å². The van der Waals surface area contributed by atoms with Gasteiger partial charge in [0.05, 0.1) is 6.04 Å². The van der Waals surface area contributed by atoms with Gasteiger partial charge in [0.1, 0.15) is 6.10 Å². The zero-order valence-electron chi connectivity index (χ0n) is 10.5. The van der Waals surface area contributed by atoms with Gasteiger partial charge in [-0.25, -0.2) is 4.79 Å². The first-order valence-electron chi connectivity index (χ1n) is 5.90. The Bertz CT molecular complexity index is 360. The molecule has 2 N–H and O–H groups in total. The first kappa shape index (κ1) is 14.6. The summed E-state index contributed by atoms with van der Waals surface area (Å²) in [6, 6.07) is -0.322. The molecule has 100 valence electrons. The average molecular weight is 253 g/mol. The summed E-state index contributed by atoms with van der Waals surface area (Å²) in [6.45, 7) is 5.25. The van der Waals surface area contributed by atoms with Crippen LogP contribution in [0.3, 0.4) is 0 Å². The predicted molar refractivity (Wildman–Crippen MR) is 66.0 cm³/mol. The van der Waals surface area contributed by atoms with Crippen LogP contribution in [0.2, 0.25) is 0 Å². The molecule has 0 aromatic rings. The van der Waals surface area contributed by atoms with Gasteiger partial charge in [-0.2, -0.15) is 0 Å². The number of nitrogens with zero attached hydrogens (tertiary/aromatic N) is 1. The molecular formula is C13H19NO4. The molecule has 0 heterocycles. The van der Waals surface area contributed by atoms with Gasteiger partial charge in [0.15, 0.2) is 0 Å². The van der Waals surface area contributed by atoms with Crippen LogP contribution >= 0.6 is 0 Å². The average Bonchev–Trinajstić information content (AvgIpc) is 2.36. The minimum Gasteiger partial charge on any atom is -0.455 e. The van der Waals surface area contributed by atoms with E-state index in [1.807, 2.05) is 6.08 Å². The number of hydroxylamine groups is 2. The lowest BCUT2D eigenvalue weighted by Gasteiger charge is -2.23. The fourth-order valence-corrected chi connectivity index (χ4v) is 1.70. The molecule has 0 spiro atoms. The fraction of sp³-hybridized carbons (Fsp3) is 0.462. The normalized spacial score (nSPS) is 21.8. The molecule has 2 atom stereocenters. The number of carbonyl (C=O) groups is 1. The number of ether oxygens (including phenoxy) is 1. The van der Waals surface area contributed by atoms with E-state index in [0.717, 1.165) is 12.0 Å². The van der Waals surface area contributed by atoms with Gasteiger partial charge in [-0.15, -0.1) is 0 Å². The zero-order chi connectivity index (χ0) is 13.5. The Morgan fingerprint density at radius 3 is 3.00 bits per heavy atom. The second-order valence-corrected chi connectivity index (χ2v) is 4.25. The van der Waals surface area contributed by atoms with Crippen molar-refractivity contribution in [3.05, 3.63) is 36.5 Å². The van der Waals surface area contributed by atoms with Gasteiger partial charge in [-0.05, 0) is 26.2 Å². The molecule has 1 aliphatic carbocycles. The van der Waals surface area contributed by atoms with Crippen LogP contribution < -0.4 is 0 Å². The maximum Gasteiger partial charge on any atom is 0.331 e. The van der Waals surface area contributed by atoms with Crippen LogP contribution in [0.25, 0.3) is 0 Å². The van der Waals surface area contributed by atoms with Crippen molar-refractivity contribution < 1.29 is 19.9 Å². The summed E-state index contributed by atoms with van der Waals surface area (Å²) < 4.78 is 4.98. The smallest absolute Gasteiger partial charge is 0.331 e. The van der Waals surface area contributed by atoms with Gasteiger partial charge in [0, 0.05) is 6.08 Å². The minimum absolute atomic E-state index is 0.235. The van der Waals surface area contributed by atoms with Gasteiger partial charge in [-0.3, -0.25) is 10.4 Å². The molecule has 0 saturated carbocycles. The van der Waals surface area contributed by atoms with Gasteiger partial charge in [0.25, 0.3) is 0 Å². The molecule has 1 rings (SSSR count). The highest BCUT2D eigenvalue weighted by Crippen LogP contribution is 2.21. The third-order valence-electron chi connectivity index (χ3n) is 2.77. The Hall–Kier alpha value is -1.43. The molecule has 0 aliphatic heterocycles. The second kappa shape index (κ2) is 7.10. The number of esters is 1. The highest BCUT2D eigenvalue weighted by Gasteiger charge is 2.19. The van der Waals surface area contributed by atoms with Crippen LogP contribution in [0.5, 0.6) is 0 Å². The molecule has 0 saturated heterocycles. The molecule has 0 fully saturated rings. The highest BCUT2D eigenvalue weighted by molar-refractivity contribution is 5.82. The fourth-order valence-electron chi connectivity index (χ4n) is 1.70.